The molecule has 18 heavy (non-hydrogen) atoms. The highest BCUT2D eigenvalue weighted by molar-refractivity contribution is 6.18. The molecule has 0 spiro atoms. The Morgan fingerprint density at radius 2 is 2.22 bits per heavy atom. The van der Waals surface area contributed by atoms with Crippen LogP contribution in [-0.2, 0) is 0 Å². The van der Waals surface area contributed by atoms with Crippen molar-refractivity contribution >= 4 is 28.5 Å². The Morgan fingerprint density at radius 1 is 1.33 bits per heavy atom. The Labute approximate surface area is 112 Å². The van der Waals surface area contributed by atoms with Crippen molar-refractivity contribution < 1.29 is 0 Å². The Bertz CT molecular complexity index is 543. The van der Waals surface area contributed by atoms with E-state index in [0.29, 0.717) is 5.92 Å². The Balaban J connectivity index is 1.89. The third kappa shape index (κ3) is 2.27. The van der Waals surface area contributed by atoms with E-state index in [-0.39, 0.29) is 0 Å². The van der Waals surface area contributed by atoms with E-state index in [9.17, 15) is 0 Å². The number of piperidine rings is 1. The summed E-state index contributed by atoms with van der Waals surface area (Å²) >= 11 is 5.96. The van der Waals surface area contributed by atoms with E-state index in [1.54, 1.807) is 0 Å². The molecule has 0 aliphatic carbocycles. The molecule has 1 atom stereocenters. The lowest BCUT2D eigenvalue weighted by atomic mass is 10.0. The zero-order chi connectivity index (χ0) is 12.4. The van der Waals surface area contributed by atoms with Crippen LogP contribution in [0, 0.1) is 5.92 Å². The van der Waals surface area contributed by atoms with Gasteiger partial charge < -0.3 is 4.90 Å². The summed E-state index contributed by atoms with van der Waals surface area (Å²) in [4.78, 5) is 11.4. The summed E-state index contributed by atoms with van der Waals surface area (Å²) < 4.78 is 0. The van der Waals surface area contributed by atoms with Crippen molar-refractivity contribution in [2.24, 2.45) is 5.92 Å². The van der Waals surface area contributed by atoms with Crippen molar-refractivity contribution in [3.05, 3.63) is 30.5 Å². The van der Waals surface area contributed by atoms with Crippen LogP contribution in [0.2, 0.25) is 0 Å². The minimum Gasteiger partial charge on any atom is -0.340 e. The third-order valence-corrected chi connectivity index (χ3v) is 3.93. The molecule has 0 N–H and O–H groups in total. The molecule has 1 unspecified atom stereocenters. The minimum absolute atomic E-state index is 0.565. The van der Waals surface area contributed by atoms with Gasteiger partial charge in [0.25, 0.3) is 0 Å². The minimum atomic E-state index is 0.565. The maximum absolute atomic E-state index is 5.96. The standard InChI is InChI=1S/C14H16ClN3/c15-8-11-4-3-7-18(10-11)14-16-9-12-5-1-2-6-13(12)17-14/h1-2,5-6,9,11H,3-4,7-8,10H2. The predicted octanol–water partition coefficient (Wildman–Crippen LogP) is 3.09. The van der Waals surface area contributed by atoms with Crippen molar-refractivity contribution in [3.63, 3.8) is 0 Å². The van der Waals surface area contributed by atoms with Crippen LogP contribution < -0.4 is 4.90 Å². The number of benzene rings is 1. The van der Waals surface area contributed by atoms with Gasteiger partial charge in [-0.2, -0.15) is 0 Å². The van der Waals surface area contributed by atoms with Gasteiger partial charge in [0.1, 0.15) is 0 Å². The molecule has 0 saturated carbocycles. The van der Waals surface area contributed by atoms with Crippen LogP contribution in [0.5, 0.6) is 0 Å². The Morgan fingerprint density at radius 3 is 3.11 bits per heavy atom. The van der Waals surface area contributed by atoms with E-state index in [4.69, 9.17) is 11.6 Å². The van der Waals surface area contributed by atoms with Crippen LogP contribution in [0.1, 0.15) is 12.8 Å². The third-order valence-electron chi connectivity index (χ3n) is 3.50. The fourth-order valence-corrected chi connectivity index (χ4v) is 2.74. The molecule has 0 radical (unpaired) electrons. The molecule has 1 aromatic carbocycles. The van der Waals surface area contributed by atoms with Gasteiger partial charge in [-0.1, -0.05) is 18.2 Å². The van der Waals surface area contributed by atoms with Crippen LogP contribution in [0.3, 0.4) is 0 Å². The molecule has 1 aliphatic rings. The van der Waals surface area contributed by atoms with E-state index in [2.05, 4.69) is 14.9 Å². The molecular formula is C14H16ClN3. The fourth-order valence-electron chi connectivity index (χ4n) is 2.49. The van der Waals surface area contributed by atoms with E-state index >= 15 is 0 Å². The van der Waals surface area contributed by atoms with Gasteiger partial charge in [0.05, 0.1) is 5.52 Å². The largest absolute Gasteiger partial charge is 0.340 e. The number of rotatable bonds is 2. The molecule has 1 fully saturated rings. The molecule has 0 amide bonds. The topological polar surface area (TPSA) is 29.0 Å². The molecule has 2 aromatic rings. The Kier molecular flexibility index (Phi) is 3.33. The van der Waals surface area contributed by atoms with E-state index in [1.807, 2.05) is 30.5 Å². The van der Waals surface area contributed by atoms with E-state index < -0.39 is 0 Å². The summed E-state index contributed by atoms with van der Waals surface area (Å²) in [6, 6.07) is 8.09. The molecule has 2 heterocycles. The van der Waals surface area contributed by atoms with Gasteiger partial charge in [0.2, 0.25) is 5.95 Å². The van der Waals surface area contributed by atoms with Gasteiger partial charge >= 0.3 is 0 Å². The monoisotopic (exact) mass is 261 g/mol. The Hall–Kier alpha value is -1.35. The predicted molar refractivity (Wildman–Crippen MR) is 75.2 cm³/mol. The molecule has 4 heteroatoms. The maximum Gasteiger partial charge on any atom is 0.225 e. The highest BCUT2D eigenvalue weighted by atomic mass is 35.5. The van der Waals surface area contributed by atoms with Crippen molar-refractivity contribution in [3.8, 4) is 0 Å². The lowest BCUT2D eigenvalue weighted by Crippen LogP contribution is -2.37. The number of para-hydroxylation sites is 1. The summed E-state index contributed by atoms with van der Waals surface area (Å²) in [5.74, 6) is 2.13. The summed E-state index contributed by atoms with van der Waals surface area (Å²) in [6.07, 6.45) is 4.29. The van der Waals surface area contributed by atoms with E-state index in [1.165, 1.54) is 12.8 Å². The first-order chi connectivity index (χ1) is 8.86. The summed E-state index contributed by atoms with van der Waals surface area (Å²) in [5, 5.41) is 1.09. The summed E-state index contributed by atoms with van der Waals surface area (Å²) in [6.45, 7) is 2.01. The molecule has 94 valence electrons. The maximum atomic E-state index is 5.96. The lowest BCUT2D eigenvalue weighted by Gasteiger charge is -2.31. The second kappa shape index (κ2) is 5.11. The smallest absolute Gasteiger partial charge is 0.225 e. The highest BCUT2D eigenvalue weighted by Crippen LogP contribution is 2.22. The molecule has 1 aliphatic heterocycles. The molecule has 1 saturated heterocycles. The number of aromatic nitrogens is 2. The van der Waals surface area contributed by atoms with Crippen molar-refractivity contribution in [1.82, 2.24) is 9.97 Å². The second-order valence-corrected chi connectivity index (χ2v) is 5.15. The number of anilines is 1. The first-order valence-corrected chi connectivity index (χ1v) is 6.93. The van der Waals surface area contributed by atoms with Crippen LogP contribution >= 0.6 is 11.6 Å². The average molecular weight is 262 g/mol. The van der Waals surface area contributed by atoms with Crippen LogP contribution in [0.25, 0.3) is 10.9 Å². The number of alkyl halides is 1. The van der Waals surface area contributed by atoms with Crippen LogP contribution in [0.4, 0.5) is 5.95 Å². The number of hydrogen-bond acceptors (Lipinski definition) is 3. The average Bonchev–Trinajstić information content (AvgIpc) is 2.47. The molecule has 0 bridgehead atoms. The van der Waals surface area contributed by atoms with Crippen molar-refractivity contribution in [2.45, 2.75) is 12.8 Å². The summed E-state index contributed by atoms with van der Waals surface area (Å²) in [5.41, 5.74) is 1.01. The van der Waals surface area contributed by atoms with Gasteiger partial charge in [-0.05, 0) is 24.8 Å². The zero-order valence-electron chi connectivity index (χ0n) is 10.2. The highest BCUT2D eigenvalue weighted by Gasteiger charge is 2.21. The lowest BCUT2D eigenvalue weighted by molar-refractivity contribution is 0.446. The molecular weight excluding hydrogens is 246 g/mol. The first kappa shape index (κ1) is 11.7. The van der Waals surface area contributed by atoms with Gasteiger partial charge in [0, 0.05) is 30.6 Å². The van der Waals surface area contributed by atoms with Crippen LogP contribution in [0.15, 0.2) is 30.5 Å². The van der Waals surface area contributed by atoms with Gasteiger partial charge in [0.15, 0.2) is 0 Å². The van der Waals surface area contributed by atoms with Gasteiger partial charge in [-0.25, -0.2) is 9.97 Å². The molecule has 3 rings (SSSR count). The van der Waals surface area contributed by atoms with Gasteiger partial charge in [-0.15, -0.1) is 11.6 Å². The van der Waals surface area contributed by atoms with Crippen LogP contribution in [-0.4, -0.2) is 28.9 Å². The van der Waals surface area contributed by atoms with Crippen molar-refractivity contribution in [2.75, 3.05) is 23.9 Å². The van der Waals surface area contributed by atoms with Gasteiger partial charge in [-0.3, -0.25) is 0 Å². The van der Waals surface area contributed by atoms with E-state index in [0.717, 1.165) is 35.8 Å². The number of fused-ring (bicyclic) bond motifs is 1. The normalized spacial score (nSPS) is 20.3. The summed E-state index contributed by atoms with van der Waals surface area (Å²) in [7, 11) is 0. The first-order valence-electron chi connectivity index (χ1n) is 6.39. The SMILES string of the molecule is ClCC1CCCN(c2ncc3ccccc3n2)C1. The zero-order valence-corrected chi connectivity index (χ0v) is 11.0. The number of nitrogens with zero attached hydrogens (tertiary/aromatic N) is 3. The number of hydrogen-bond donors (Lipinski definition) is 0. The molecule has 3 nitrogen and oxygen atoms in total. The fraction of sp³-hybridized carbons (Fsp3) is 0.429. The number of halogens is 1. The second-order valence-electron chi connectivity index (χ2n) is 4.84. The quantitative estimate of drug-likeness (QED) is 0.778. The van der Waals surface area contributed by atoms with Crippen molar-refractivity contribution in [1.29, 1.82) is 0 Å². The molecule has 1 aromatic heterocycles.